The molecule has 3 aromatic rings. The molecular formula is C17H18N4O5. The van der Waals surface area contributed by atoms with Crippen molar-refractivity contribution in [1.29, 1.82) is 0 Å². The third kappa shape index (κ3) is 4.52. The summed E-state index contributed by atoms with van der Waals surface area (Å²) >= 11 is 0. The van der Waals surface area contributed by atoms with Gasteiger partial charge >= 0.3 is 0 Å². The highest BCUT2D eigenvalue weighted by Crippen LogP contribution is 2.22. The lowest BCUT2D eigenvalue weighted by Gasteiger charge is -2.18. The molecule has 0 aliphatic rings. The molecule has 3 rings (SSSR count). The van der Waals surface area contributed by atoms with Crippen LogP contribution in [-0.4, -0.2) is 40.3 Å². The normalized spacial score (nSPS) is 11.2. The number of nitrogens with zero attached hydrogens (tertiary/aromatic N) is 4. The van der Waals surface area contributed by atoms with Crippen LogP contribution in [0.1, 0.15) is 11.7 Å². The van der Waals surface area contributed by atoms with Gasteiger partial charge in [0.2, 0.25) is 11.8 Å². The van der Waals surface area contributed by atoms with Gasteiger partial charge in [0, 0.05) is 31.4 Å². The van der Waals surface area contributed by atoms with Crippen molar-refractivity contribution in [3.63, 3.8) is 0 Å². The van der Waals surface area contributed by atoms with E-state index in [-0.39, 0.29) is 5.69 Å². The van der Waals surface area contributed by atoms with E-state index in [2.05, 4.69) is 15.1 Å². The molecule has 136 valence electrons. The zero-order valence-corrected chi connectivity index (χ0v) is 14.2. The van der Waals surface area contributed by atoms with E-state index < -0.39 is 4.92 Å². The van der Waals surface area contributed by atoms with Crippen LogP contribution in [0.2, 0.25) is 0 Å². The Labute approximate surface area is 149 Å². The summed E-state index contributed by atoms with van der Waals surface area (Å²) in [5.74, 6) is 1.59. The number of aromatic nitrogens is 2. The molecule has 0 bridgehead atoms. The van der Waals surface area contributed by atoms with Crippen molar-refractivity contribution >= 4 is 5.69 Å². The molecule has 0 spiro atoms. The summed E-state index contributed by atoms with van der Waals surface area (Å²) in [6.45, 7) is 2.26. The second-order valence-electron chi connectivity index (χ2n) is 5.59. The molecule has 0 atom stereocenters. The standard InChI is InChI=1S/C17H18N4O5/c1-24-10-8-20(11-15-3-2-9-25-15)12-16-18-19-17(26-16)13-4-6-14(7-5-13)21(22)23/h2-7,9H,8,10-12H2,1H3. The van der Waals surface area contributed by atoms with Crippen LogP contribution in [-0.2, 0) is 17.8 Å². The number of furan rings is 1. The van der Waals surface area contributed by atoms with Gasteiger partial charge < -0.3 is 13.6 Å². The average molecular weight is 358 g/mol. The Hall–Kier alpha value is -3.04. The third-order valence-electron chi connectivity index (χ3n) is 3.72. The van der Waals surface area contributed by atoms with Crippen LogP contribution in [0, 0.1) is 10.1 Å². The van der Waals surface area contributed by atoms with Gasteiger partial charge in [0.25, 0.3) is 5.69 Å². The SMILES string of the molecule is COCCN(Cc1ccco1)Cc1nnc(-c2ccc([N+](=O)[O-])cc2)o1. The lowest BCUT2D eigenvalue weighted by molar-refractivity contribution is -0.384. The Balaban J connectivity index is 1.69. The Morgan fingerprint density at radius 1 is 1.19 bits per heavy atom. The first-order valence-electron chi connectivity index (χ1n) is 7.96. The number of rotatable bonds is 9. The van der Waals surface area contributed by atoms with Crippen LogP contribution in [0.3, 0.4) is 0 Å². The molecule has 0 fully saturated rings. The number of ether oxygens (including phenoxy) is 1. The zero-order valence-electron chi connectivity index (χ0n) is 14.2. The minimum absolute atomic E-state index is 0.0117. The van der Waals surface area contributed by atoms with Gasteiger partial charge in [-0.3, -0.25) is 15.0 Å². The van der Waals surface area contributed by atoms with Crippen LogP contribution >= 0.6 is 0 Å². The van der Waals surface area contributed by atoms with Gasteiger partial charge in [0.05, 0.1) is 30.9 Å². The molecule has 0 aliphatic heterocycles. The zero-order chi connectivity index (χ0) is 18.4. The van der Waals surface area contributed by atoms with Gasteiger partial charge in [-0.1, -0.05) is 0 Å². The fourth-order valence-corrected chi connectivity index (χ4v) is 2.41. The number of non-ortho nitro benzene ring substituents is 1. The van der Waals surface area contributed by atoms with Crippen LogP contribution in [0.5, 0.6) is 0 Å². The van der Waals surface area contributed by atoms with E-state index in [0.29, 0.717) is 43.6 Å². The molecule has 0 saturated carbocycles. The number of nitro benzene ring substituents is 1. The summed E-state index contributed by atoms with van der Waals surface area (Å²) in [6, 6.07) is 9.71. The summed E-state index contributed by atoms with van der Waals surface area (Å²) in [5, 5.41) is 18.8. The van der Waals surface area contributed by atoms with Crippen molar-refractivity contribution in [3.05, 3.63) is 64.4 Å². The van der Waals surface area contributed by atoms with Crippen molar-refractivity contribution in [2.45, 2.75) is 13.1 Å². The Morgan fingerprint density at radius 2 is 2.00 bits per heavy atom. The molecule has 0 amide bonds. The number of methoxy groups -OCH3 is 1. The van der Waals surface area contributed by atoms with Crippen molar-refractivity contribution in [2.24, 2.45) is 0 Å². The van der Waals surface area contributed by atoms with E-state index in [1.807, 2.05) is 12.1 Å². The molecule has 0 unspecified atom stereocenters. The van der Waals surface area contributed by atoms with Crippen molar-refractivity contribution < 1.29 is 18.5 Å². The fourth-order valence-electron chi connectivity index (χ4n) is 2.41. The largest absolute Gasteiger partial charge is 0.468 e. The van der Waals surface area contributed by atoms with Crippen molar-refractivity contribution in [1.82, 2.24) is 15.1 Å². The Bertz CT molecular complexity index is 829. The smallest absolute Gasteiger partial charge is 0.269 e. The summed E-state index contributed by atoms with van der Waals surface area (Å²) in [4.78, 5) is 12.3. The maximum absolute atomic E-state index is 10.7. The second-order valence-corrected chi connectivity index (χ2v) is 5.59. The monoisotopic (exact) mass is 358 g/mol. The predicted molar refractivity (Wildman–Crippen MR) is 91.1 cm³/mol. The van der Waals surface area contributed by atoms with Gasteiger partial charge in [-0.05, 0) is 24.3 Å². The number of hydrogen-bond acceptors (Lipinski definition) is 8. The van der Waals surface area contributed by atoms with Crippen LogP contribution in [0.25, 0.3) is 11.5 Å². The predicted octanol–water partition coefficient (Wildman–Crippen LogP) is 2.89. The van der Waals surface area contributed by atoms with E-state index in [1.165, 1.54) is 12.1 Å². The van der Waals surface area contributed by atoms with Crippen molar-refractivity contribution in [2.75, 3.05) is 20.3 Å². The van der Waals surface area contributed by atoms with Gasteiger partial charge in [-0.2, -0.15) is 0 Å². The van der Waals surface area contributed by atoms with E-state index >= 15 is 0 Å². The lowest BCUT2D eigenvalue weighted by Crippen LogP contribution is -2.26. The number of benzene rings is 1. The maximum Gasteiger partial charge on any atom is 0.269 e. The first-order chi connectivity index (χ1) is 12.7. The summed E-state index contributed by atoms with van der Waals surface area (Å²) in [7, 11) is 1.64. The minimum atomic E-state index is -0.453. The highest BCUT2D eigenvalue weighted by molar-refractivity contribution is 5.55. The van der Waals surface area contributed by atoms with Crippen LogP contribution in [0.4, 0.5) is 5.69 Å². The first kappa shape index (κ1) is 17.8. The molecular weight excluding hydrogens is 340 g/mol. The van der Waals surface area contributed by atoms with Crippen LogP contribution < -0.4 is 0 Å². The molecule has 0 aliphatic carbocycles. The third-order valence-corrected chi connectivity index (χ3v) is 3.72. The average Bonchev–Trinajstić information content (AvgIpc) is 3.32. The fraction of sp³-hybridized carbons (Fsp3) is 0.294. The molecule has 0 radical (unpaired) electrons. The summed E-state index contributed by atoms with van der Waals surface area (Å²) < 4.78 is 16.2. The van der Waals surface area contributed by atoms with Gasteiger partial charge in [-0.25, -0.2) is 0 Å². The van der Waals surface area contributed by atoms with Crippen LogP contribution in [0.15, 0.2) is 51.5 Å². The van der Waals surface area contributed by atoms with Gasteiger partial charge in [-0.15, -0.1) is 10.2 Å². The minimum Gasteiger partial charge on any atom is -0.468 e. The first-order valence-corrected chi connectivity index (χ1v) is 7.96. The van der Waals surface area contributed by atoms with Gasteiger partial charge in [0.15, 0.2) is 0 Å². The highest BCUT2D eigenvalue weighted by Gasteiger charge is 2.15. The molecule has 1 aromatic carbocycles. The van der Waals surface area contributed by atoms with E-state index in [9.17, 15) is 10.1 Å². The molecule has 0 N–H and O–H groups in total. The molecule has 26 heavy (non-hydrogen) atoms. The van der Waals surface area contributed by atoms with Crippen molar-refractivity contribution in [3.8, 4) is 11.5 Å². The second kappa shape index (κ2) is 8.37. The molecule has 2 aromatic heterocycles. The topological polar surface area (TPSA) is 108 Å². The Kier molecular flexibility index (Phi) is 5.72. The van der Waals surface area contributed by atoms with E-state index in [0.717, 1.165) is 5.76 Å². The quantitative estimate of drug-likeness (QED) is 0.424. The molecule has 9 nitrogen and oxygen atoms in total. The van der Waals surface area contributed by atoms with Gasteiger partial charge in [0.1, 0.15) is 5.76 Å². The molecule has 9 heteroatoms. The molecule has 0 saturated heterocycles. The number of hydrogen-bond donors (Lipinski definition) is 0. The Morgan fingerprint density at radius 3 is 2.65 bits per heavy atom. The number of nitro groups is 1. The summed E-state index contributed by atoms with van der Waals surface area (Å²) in [6.07, 6.45) is 1.63. The highest BCUT2D eigenvalue weighted by atomic mass is 16.6. The molecule has 2 heterocycles. The summed E-state index contributed by atoms with van der Waals surface area (Å²) in [5.41, 5.74) is 0.640. The maximum atomic E-state index is 10.7. The van der Waals surface area contributed by atoms with E-state index in [4.69, 9.17) is 13.6 Å². The lowest BCUT2D eigenvalue weighted by atomic mass is 10.2. The van der Waals surface area contributed by atoms with E-state index in [1.54, 1.807) is 25.5 Å².